The molecule has 5 rings (SSSR count). The molecular weight excluding hydrogens is 481 g/mol. The molecule has 0 saturated carbocycles. The van der Waals surface area contributed by atoms with E-state index in [0.29, 0.717) is 41.2 Å². The Labute approximate surface area is 211 Å². The van der Waals surface area contributed by atoms with E-state index in [4.69, 9.17) is 18.6 Å². The van der Waals surface area contributed by atoms with Gasteiger partial charge in [-0.15, -0.1) is 0 Å². The lowest BCUT2D eigenvalue weighted by Gasteiger charge is -2.20. The van der Waals surface area contributed by atoms with E-state index in [1.807, 2.05) is 0 Å². The molecule has 37 heavy (non-hydrogen) atoms. The Bertz CT molecular complexity index is 1510. The van der Waals surface area contributed by atoms with Gasteiger partial charge in [0.25, 0.3) is 0 Å². The quantitative estimate of drug-likeness (QED) is 0.345. The molecule has 1 aromatic heterocycles. The first-order valence-electron chi connectivity index (χ1n) is 11.7. The number of halogens is 1. The standard InChI is InChI=1S/C28H24FNO7/c1-34-22-12-17(13-23-27(22)36-15-35-23)20(14-24(31)30-11-10-16-6-8-18(29)9-7-16)25-26(32)19-4-2-3-5-21(19)37-28(25)33/h2-9,12-13,20,32H,10-11,14-15H2,1H3,(H,30,31)/t20-/m1/s1. The second-order valence-corrected chi connectivity index (χ2v) is 8.59. The summed E-state index contributed by atoms with van der Waals surface area (Å²) in [4.78, 5) is 26.1. The Morgan fingerprint density at radius 3 is 2.70 bits per heavy atom. The summed E-state index contributed by atoms with van der Waals surface area (Å²) in [6.07, 6.45) is 0.334. The Morgan fingerprint density at radius 1 is 1.14 bits per heavy atom. The zero-order valence-corrected chi connectivity index (χ0v) is 20.0. The molecule has 4 aromatic rings. The van der Waals surface area contributed by atoms with Crippen LogP contribution < -0.4 is 25.2 Å². The predicted molar refractivity (Wildman–Crippen MR) is 133 cm³/mol. The number of fused-ring (bicyclic) bond motifs is 2. The summed E-state index contributed by atoms with van der Waals surface area (Å²) in [5, 5.41) is 14.3. The van der Waals surface area contributed by atoms with E-state index < -0.39 is 11.5 Å². The van der Waals surface area contributed by atoms with Crippen LogP contribution in [0.25, 0.3) is 11.0 Å². The van der Waals surface area contributed by atoms with Gasteiger partial charge in [-0.25, -0.2) is 9.18 Å². The van der Waals surface area contributed by atoms with Crippen molar-refractivity contribution in [2.75, 3.05) is 20.4 Å². The number of ether oxygens (including phenoxy) is 3. The maximum absolute atomic E-state index is 13.2. The molecule has 1 aliphatic rings. The lowest BCUT2D eigenvalue weighted by Crippen LogP contribution is -2.28. The van der Waals surface area contributed by atoms with Crippen molar-refractivity contribution in [3.05, 3.63) is 93.6 Å². The lowest BCUT2D eigenvalue weighted by atomic mass is 9.87. The molecule has 8 nitrogen and oxygen atoms in total. The van der Waals surface area contributed by atoms with Crippen molar-refractivity contribution in [1.82, 2.24) is 5.32 Å². The highest BCUT2D eigenvalue weighted by atomic mass is 19.1. The number of methoxy groups -OCH3 is 1. The number of carbonyl (C=O) groups excluding carboxylic acids is 1. The first kappa shape index (κ1) is 24.2. The zero-order valence-electron chi connectivity index (χ0n) is 20.0. The number of rotatable bonds is 8. The van der Waals surface area contributed by atoms with Crippen LogP contribution in [0.3, 0.4) is 0 Å². The third kappa shape index (κ3) is 4.93. The summed E-state index contributed by atoms with van der Waals surface area (Å²) in [5.74, 6) is -0.622. The second-order valence-electron chi connectivity index (χ2n) is 8.59. The SMILES string of the molecule is COc1cc([C@@H](CC(=O)NCCc2ccc(F)cc2)c2c(O)c3ccccc3oc2=O)cc2c1OCO2. The van der Waals surface area contributed by atoms with Crippen LogP contribution in [0.15, 0.2) is 69.9 Å². The molecular formula is C28H24FNO7. The van der Waals surface area contributed by atoms with Crippen molar-refractivity contribution in [1.29, 1.82) is 0 Å². The lowest BCUT2D eigenvalue weighted by molar-refractivity contribution is -0.121. The third-order valence-corrected chi connectivity index (χ3v) is 6.29. The van der Waals surface area contributed by atoms with Gasteiger partial charge in [-0.2, -0.15) is 0 Å². The smallest absolute Gasteiger partial charge is 0.343 e. The topological polar surface area (TPSA) is 107 Å². The molecule has 0 bridgehead atoms. The number of hydrogen-bond acceptors (Lipinski definition) is 7. The van der Waals surface area contributed by atoms with E-state index in [0.717, 1.165) is 5.56 Å². The molecule has 0 saturated heterocycles. The van der Waals surface area contributed by atoms with Gasteiger partial charge in [0.05, 0.1) is 18.1 Å². The van der Waals surface area contributed by atoms with Gasteiger partial charge in [-0.3, -0.25) is 4.79 Å². The summed E-state index contributed by atoms with van der Waals surface area (Å²) in [6, 6.07) is 16.0. The highest BCUT2D eigenvalue weighted by Gasteiger charge is 2.30. The van der Waals surface area contributed by atoms with Crippen molar-refractivity contribution in [2.24, 2.45) is 0 Å². The highest BCUT2D eigenvalue weighted by molar-refractivity contribution is 5.85. The van der Waals surface area contributed by atoms with Crippen LogP contribution in [0.4, 0.5) is 4.39 Å². The first-order valence-corrected chi connectivity index (χ1v) is 11.7. The van der Waals surface area contributed by atoms with Crippen LogP contribution in [-0.4, -0.2) is 31.5 Å². The average molecular weight is 505 g/mol. The van der Waals surface area contributed by atoms with Crippen molar-refractivity contribution in [3.8, 4) is 23.0 Å². The van der Waals surface area contributed by atoms with Gasteiger partial charge in [-0.1, -0.05) is 24.3 Å². The number of nitrogens with one attached hydrogen (secondary N) is 1. The number of hydrogen-bond donors (Lipinski definition) is 2. The fourth-order valence-corrected chi connectivity index (χ4v) is 4.45. The van der Waals surface area contributed by atoms with Gasteiger partial charge in [-0.05, 0) is 53.9 Å². The van der Waals surface area contributed by atoms with Crippen molar-refractivity contribution in [2.45, 2.75) is 18.8 Å². The average Bonchev–Trinajstić information content (AvgIpc) is 3.37. The van der Waals surface area contributed by atoms with Crippen LogP contribution in [0.5, 0.6) is 23.0 Å². The minimum absolute atomic E-state index is 0.00699. The number of amides is 1. The summed E-state index contributed by atoms with van der Waals surface area (Å²) in [5.41, 5.74) is 0.809. The van der Waals surface area contributed by atoms with Gasteiger partial charge < -0.3 is 29.1 Å². The molecule has 0 unspecified atom stereocenters. The summed E-state index contributed by atoms with van der Waals surface area (Å²) < 4.78 is 35.1. The maximum Gasteiger partial charge on any atom is 0.343 e. The molecule has 190 valence electrons. The fraction of sp³-hybridized carbons (Fsp3) is 0.214. The molecule has 0 spiro atoms. The Kier molecular flexibility index (Phi) is 6.68. The normalized spacial score (nSPS) is 12.9. The molecule has 1 amide bonds. The van der Waals surface area contributed by atoms with Crippen LogP contribution in [-0.2, 0) is 11.2 Å². The Hall–Kier alpha value is -4.53. The monoisotopic (exact) mass is 505 g/mol. The third-order valence-electron chi connectivity index (χ3n) is 6.29. The minimum Gasteiger partial charge on any atom is -0.507 e. The van der Waals surface area contributed by atoms with E-state index >= 15 is 0 Å². The second kappa shape index (κ2) is 10.2. The summed E-state index contributed by atoms with van der Waals surface area (Å²) >= 11 is 0. The maximum atomic E-state index is 13.2. The van der Waals surface area contributed by atoms with Crippen molar-refractivity contribution >= 4 is 16.9 Å². The van der Waals surface area contributed by atoms with Crippen molar-refractivity contribution < 1.29 is 32.9 Å². The van der Waals surface area contributed by atoms with Gasteiger partial charge in [0.15, 0.2) is 11.5 Å². The highest BCUT2D eigenvalue weighted by Crippen LogP contribution is 2.45. The summed E-state index contributed by atoms with van der Waals surface area (Å²) in [6.45, 7) is 0.313. The molecule has 2 N–H and O–H groups in total. The van der Waals surface area contributed by atoms with E-state index in [1.165, 1.54) is 19.2 Å². The van der Waals surface area contributed by atoms with Gasteiger partial charge in [0, 0.05) is 18.9 Å². The van der Waals surface area contributed by atoms with Crippen LogP contribution >= 0.6 is 0 Å². The number of benzene rings is 3. The zero-order chi connectivity index (χ0) is 25.9. The van der Waals surface area contributed by atoms with Gasteiger partial charge in [0.2, 0.25) is 18.4 Å². The van der Waals surface area contributed by atoms with Gasteiger partial charge >= 0.3 is 5.63 Å². The molecule has 0 aliphatic carbocycles. The first-order chi connectivity index (χ1) is 17.9. The van der Waals surface area contributed by atoms with E-state index in [2.05, 4.69) is 5.32 Å². The summed E-state index contributed by atoms with van der Waals surface area (Å²) in [7, 11) is 1.47. The van der Waals surface area contributed by atoms with Crippen LogP contribution in [0.2, 0.25) is 0 Å². The molecule has 1 aliphatic heterocycles. The largest absolute Gasteiger partial charge is 0.507 e. The molecule has 0 radical (unpaired) electrons. The Balaban J connectivity index is 1.49. The Morgan fingerprint density at radius 2 is 1.92 bits per heavy atom. The molecule has 3 aromatic carbocycles. The van der Waals surface area contributed by atoms with Crippen molar-refractivity contribution in [3.63, 3.8) is 0 Å². The van der Waals surface area contributed by atoms with Crippen LogP contribution in [0.1, 0.15) is 29.0 Å². The van der Waals surface area contributed by atoms with E-state index in [9.17, 15) is 19.1 Å². The van der Waals surface area contributed by atoms with Crippen LogP contribution in [0, 0.1) is 5.82 Å². The van der Waals surface area contributed by atoms with E-state index in [-0.39, 0.29) is 41.8 Å². The number of para-hydroxylation sites is 1. The molecule has 0 fully saturated rings. The predicted octanol–water partition coefficient (Wildman–Crippen LogP) is 4.26. The minimum atomic E-state index is -0.880. The molecule has 1 atom stereocenters. The molecule has 2 heterocycles. The van der Waals surface area contributed by atoms with Gasteiger partial charge in [0.1, 0.15) is 17.1 Å². The number of carbonyl (C=O) groups is 1. The molecule has 9 heteroatoms. The fourth-order valence-electron chi connectivity index (χ4n) is 4.45. The number of aromatic hydroxyl groups is 1. The van der Waals surface area contributed by atoms with E-state index in [1.54, 1.807) is 48.5 Å².